The van der Waals surface area contributed by atoms with Gasteiger partial charge in [0.05, 0.1) is 0 Å². The molecule has 1 aliphatic rings. The number of rotatable bonds is 6. The maximum atomic E-state index is 12.5. The molecule has 1 aliphatic heterocycles. The standard InChI is InChI=1S/C21H26N2O2/c1-16(23-13-12-17-8-6-7-11-19(17)15-23)14-22-21(24)20(25-2)18-9-4-3-5-10-18/h3-11,16,20H,12-15H2,1-2H3,(H,22,24). The fourth-order valence-electron chi connectivity index (χ4n) is 3.39. The number of benzene rings is 2. The first-order valence-corrected chi connectivity index (χ1v) is 8.85. The predicted octanol–water partition coefficient (Wildman–Crippen LogP) is 2.94. The quantitative estimate of drug-likeness (QED) is 0.880. The molecule has 0 radical (unpaired) electrons. The van der Waals surface area contributed by atoms with Crippen molar-refractivity contribution in [1.82, 2.24) is 10.2 Å². The number of fused-ring (bicyclic) bond motifs is 1. The van der Waals surface area contributed by atoms with Crippen LogP contribution in [0, 0.1) is 0 Å². The Labute approximate surface area is 149 Å². The van der Waals surface area contributed by atoms with Gasteiger partial charge in [-0.25, -0.2) is 0 Å². The Morgan fingerprint density at radius 3 is 2.52 bits per heavy atom. The van der Waals surface area contributed by atoms with Crippen LogP contribution < -0.4 is 5.32 Å². The van der Waals surface area contributed by atoms with Crippen LogP contribution in [0.4, 0.5) is 0 Å². The lowest BCUT2D eigenvalue weighted by Crippen LogP contribution is -2.45. The number of carbonyl (C=O) groups is 1. The Bertz CT molecular complexity index is 702. The summed E-state index contributed by atoms with van der Waals surface area (Å²) in [6.07, 6.45) is 0.509. The maximum absolute atomic E-state index is 12.5. The summed E-state index contributed by atoms with van der Waals surface area (Å²) in [7, 11) is 1.57. The first kappa shape index (κ1) is 17.6. The first-order chi connectivity index (χ1) is 12.2. The average molecular weight is 338 g/mol. The number of carbonyl (C=O) groups excluding carboxylic acids is 1. The van der Waals surface area contributed by atoms with Crippen molar-refractivity contribution in [3.8, 4) is 0 Å². The smallest absolute Gasteiger partial charge is 0.253 e. The van der Waals surface area contributed by atoms with Crippen LogP contribution in [0.2, 0.25) is 0 Å². The third kappa shape index (κ3) is 4.27. The van der Waals surface area contributed by atoms with E-state index >= 15 is 0 Å². The number of methoxy groups -OCH3 is 1. The lowest BCUT2D eigenvalue weighted by atomic mass is 9.99. The van der Waals surface area contributed by atoms with Crippen LogP contribution >= 0.6 is 0 Å². The summed E-state index contributed by atoms with van der Waals surface area (Å²) in [5.74, 6) is -0.0852. The molecule has 2 aromatic carbocycles. The molecule has 132 valence electrons. The van der Waals surface area contributed by atoms with Gasteiger partial charge in [0, 0.05) is 32.8 Å². The summed E-state index contributed by atoms with van der Waals surface area (Å²) in [4.78, 5) is 14.9. The van der Waals surface area contributed by atoms with Crippen molar-refractivity contribution in [1.29, 1.82) is 0 Å². The van der Waals surface area contributed by atoms with Gasteiger partial charge in [0.2, 0.25) is 0 Å². The zero-order chi connectivity index (χ0) is 17.6. The molecule has 2 atom stereocenters. The van der Waals surface area contributed by atoms with Crippen molar-refractivity contribution in [3.05, 3.63) is 71.3 Å². The van der Waals surface area contributed by atoms with E-state index in [1.165, 1.54) is 11.1 Å². The molecular formula is C21H26N2O2. The number of amides is 1. The molecule has 3 rings (SSSR count). The topological polar surface area (TPSA) is 41.6 Å². The normalized spacial score (nSPS) is 16.7. The van der Waals surface area contributed by atoms with Crippen LogP contribution in [0.5, 0.6) is 0 Å². The second kappa shape index (κ2) is 8.28. The van der Waals surface area contributed by atoms with Crippen molar-refractivity contribution in [2.24, 2.45) is 0 Å². The molecule has 1 amide bonds. The van der Waals surface area contributed by atoms with Crippen LogP contribution in [0.3, 0.4) is 0 Å². The predicted molar refractivity (Wildman–Crippen MR) is 99.2 cm³/mol. The molecule has 2 aromatic rings. The summed E-state index contributed by atoms with van der Waals surface area (Å²) in [6.45, 7) is 4.76. The van der Waals surface area contributed by atoms with E-state index in [4.69, 9.17) is 4.74 Å². The maximum Gasteiger partial charge on any atom is 0.253 e. The summed E-state index contributed by atoms with van der Waals surface area (Å²) >= 11 is 0. The summed E-state index contributed by atoms with van der Waals surface area (Å²) < 4.78 is 5.40. The monoisotopic (exact) mass is 338 g/mol. The molecule has 25 heavy (non-hydrogen) atoms. The van der Waals surface area contributed by atoms with Gasteiger partial charge in [0.25, 0.3) is 5.91 Å². The van der Waals surface area contributed by atoms with Gasteiger partial charge >= 0.3 is 0 Å². The van der Waals surface area contributed by atoms with Gasteiger partial charge in [-0.15, -0.1) is 0 Å². The number of hydrogen-bond acceptors (Lipinski definition) is 3. The minimum absolute atomic E-state index is 0.0852. The third-order valence-electron chi connectivity index (χ3n) is 4.93. The Morgan fingerprint density at radius 1 is 1.12 bits per heavy atom. The van der Waals surface area contributed by atoms with Crippen molar-refractivity contribution >= 4 is 5.91 Å². The Hall–Kier alpha value is -2.17. The van der Waals surface area contributed by atoms with E-state index < -0.39 is 6.10 Å². The van der Waals surface area contributed by atoms with Gasteiger partial charge in [-0.1, -0.05) is 54.6 Å². The fraction of sp³-hybridized carbons (Fsp3) is 0.381. The Morgan fingerprint density at radius 2 is 1.80 bits per heavy atom. The largest absolute Gasteiger partial charge is 0.367 e. The molecule has 0 saturated carbocycles. The van der Waals surface area contributed by atoms with E-state index in [0.29, 0.717) is 6.54 Å². The van der Waals surface area contributed by atoms with Crippen LogP contribution in [0.25, 0.3) is 0 Å². The minimum Gasteiger partial charge on any atom is -0.367 e. The van der Waals surface area contributed by atoms with Crippen molar-refractivity contribution in [3.63, 3.8) is 0 Å². The molecule has 1 heterocycles. The van der Waals surface area contributed by atoms with E-state index in [2.05, 4.69) is 41.4 Å². The number of nitrogens with zero attached hydrogens (tertiary/aromatic N) is 1. The molecule has 2 unspecified atom stereocenters. The van der Waals surface area contributed by atoms with Gasteiger partial charge < -0.3 is 10.1 Å². The SMILES string of the molecule is COC(C(=O)NCC(C)N1CCc2ccccc2C1)c1ccccc1. The fourth-order valence-corrected chi connectivity index (χ4v) is 3.39. The highest BCUT2D eigenvalue weighted by atomic mass is 16.5. The highest BCUT2D eigenvalue weighted by Crippen LogP contribution is 2.20. The number of nitrogens with one attached hydrogen (secondary N) is 1. The van der Waals surface area contributed by atoms with Crippen molar-refractivity contribution in [2.75, 3.05) is 20.2 Å². The van der Waals surface area contributed by atoms with Gasteiger partial charge in [0.15, 0.2) is 6.10 Å². The Balaban J connectivity index is 1.55. The number of hydrogen-bond donors (Lipinski definition) is 1. The lowest BCUT2D eigenvalue weighted by Gasteiger charge is -2.34. The summed E-state index contributed by atoms with van der Waals surface area (Å²) in [5, 5.41) is 3.05. The molecule has 0 aromatic heterocycles. The van der Waals surface area contributed by atoms with Gasteiger partial charge in [0.1, 0.15) is 0 Å². The van der Waals surface area contributed by atoms with Gasteiger partial charge in [-0.05, 0) is 30.0 Å². The molecule has 1 N–H and O–H groups in total. The van der Waals surface area contributed by atoms with Crippen LogP contribution in [-0.2, 0) is 22.5 Å². The van der Waals surface area contributed by atoms with E-state index in [1.807, 2.05) is 30.3 Å². The van der Waals surface area contributed by atoms with Crippen LogP contribution in [0.1, 0.15) is 29.7 Å². The number of ether oxygens (including phenoxy) is 1. The van der Waals surface area contributed by atoms with Crippen LogP contribution in [0.15, 0.2) is 54.6 Å². The van der Waals surface area contributed by atoms with Crippen molar-refractivity contribution < 1.29 is 9.53 Å². The molecule has 0 fully saturated rings. The molecule has 0 bridgehead atoms. The van der Waals surface area contributed by atoms with Crippen molar-refractivity contribution in [2.45, 2.75) is 32.0 Å². The molecule has 4 heteroatoms. The van der Waals surface area contributed by atoms with Gasteiger partial charge in [-0.2, -0.15) is 0 Å². The van der Waals surface area contributed by atoms with Gasteiger partial charge in [-0.3, -0.25) is 9.69 Å². The van der Waals surface area contributed by atoms with E-state index in [9.17, 15) is 4.79 Å². The molecule has 0 saturated heterocycles. The third-order valence-corrected chi connectivity index (χ3v) is 4.93. The van der Waals surface area contributed by atoms with Crippen LogP contribution in [-0.4, -0.2) is 37.0 Å². The highest BCUT2D eigenvalue weighted by molar-refractivity contribution is 5.82. The summed E-state index contributed by atoms with van der Waals surface area (Å²) in [6, 6.07) is 18.5. The molecule has 0 aliphatic carbocycles. The highest BCUT2D eigenvalue weighted by Gasteiger charge is 2.23. The summed E-state index contributed by atoms with van der Waals surface area (Å²) in [5.41, 5.74) is 3.71. The second-order valence-electron chi connectivity index (χ2n) is 6.61. The zero-order valence-corrected chi connectivity index (χ0v) is 14.9. The molecule has 4 nitrogen and oxygen atoms in total. The Kier molecular flexibility index (Phi) is 5.84. The average Bonchev–Trinajstić information content (AvgIpc) is 2.67. The van der Waals surface area contributed by atoms with E-state index in [-0.39, 0.29) is 11.9 Å². The lowest BCUT2D eigenvalue weighted by molar-refractivity contribution is -0.131. The molecule has 0 spiro atoms. The second-order valence-corrected chi connectivity index (χ2v) is 6.61. The molecular weight excluding hydrogens is 312 g/mol. The van der Waals surface area contributed by atoms with E-state index in [1.54, 1.807) is 7.11 Å². The first-order valence-electron chi connectivity index (χ1n) is 8.85. The zero-order valence-electron chi connectivity index (χ0n) is 14.9. The van der Waals surface area contributed by atoms with E-state index in [0.717, 1.165) is 25.1 Å². The minimum atomic E-state index is -0.560.